The molecule has 1 fully saturated rings. The average Bonchev–Trinajstić information content (AvgIpc) is 2.80. The molecule has 15 heavy (non-hydrogen) atoms. The SMILES string of the molecule is CC(CCC#N)c1nc(C2CC2C)no1. The minimum atomic E-state index is 0.194. The fourth-order valence-corrected chi connectivity index (χ4v) is 1.68. The van der Waals surface area contributed by atoms with Crippen molar-refractivity contribution in [3.05, 3.63) is 11.7 Å². The highest BCUT2D eigenvalue weighted by molar-refractivity contribution is 5.08. The van der Waals surface area contributed by atoms with Crippen LogP contribution in [0.25, 0.3) is 0 Å². The first-order valence-electron chi connectivity index (χ1n) is 5.42. The Labute approximate surface area is 89.3 Å². The van der Waals surface area contributed by atoms with Gasteiger partial charge in [0.1, 0.15) is 0 Å². The highest BCUT2D eigenvalue weighted by atomic mass is 16.5. The number of rotatable bonds is 4. The first-order chi connectivity index (χ1) is 7.22. The van der Waals surface area contributed by atoms with Crippen molar-refractivity contribution in [1.29, 1.82) is 5.26 Å². The Balaban J connectivity index is 1.97. The second-order valence-corrected chi connectivity index (χ2v) is 4.41. The minimum Gasteiger partial charge on any atom is -0.339 e. The van der Waals surface area contributed by atoms with Crippen LogP contribution in [0.1, 0.15) is 56.7 Å². The summed E-state index contributed by atoms with van der Waals surface area (Å²) in [6, 6.07) is 2.13. The van der Waals surface area contributed by atoms with Crippen molar-refractivity contribution >= 4 is 0 Å². The van der Waals surface area contributed by atoms with Crippen molar-refractivity contribution in [2.75, 3.05) is 0 Å². The van der Waals surface area contributed by atoms with Gasteiger partial charge in [-0.1, -0.05) is 19.0 Å². The fraction of sp³-hybridized carbons (Fsp3) is 0.727. The van der Waals surface area contributed by atoms with E-state index in [9.17, 15) is 0 Å². The van der Waals surface area contributed by atoms with E-state index in [0.717, 1.165) is 12.2 Å². The zero-order chi connectivity index (χ0) is 10.8. The van der Waals surface area contributed by atoms with Crippen LogP contribution in [0.4, 0.5) is 0 Å². The molecule has 1 heterocycles. The number of hydrogen-bond donors (Lipinski definition) is 0. The Morgan fingerprint density at radius 2 is 2.40 bits per heavy atom. The molecule has 0 aromatic carbocycles. The third-order valence-corrected chi connectivity index (χ3v) is 3.01. The van der Waals surface area contributed by atoms with Crippen molar-refractivity contribution in [1.82, 2.24) is 10.1 Å². The van der Waals surface area contributed by atoms with E-state index in [1.165, 1.54) is 6.42 Å². The molecule has 3 unspecified atom stereocenters. The van der Waals surface area contributed by atoms with Gasteiger partial charge in [-0.15, -0.1) is 0 Å². The van der Waals surface area contributed by atoms with Gasteiger partial charge >= 0.3 is 0 Å². The normalized spacial score (nSPS) is 25.9. The van der Waals surface area contributed by atoms with E-state index in [1.54, 1.807) is 0 Å². The molecule has 1 aliphatic rings. The van der Waals surface area contributed by atoms with Gasteiger partial charge in [0, 0.05) is 18.3 Å². The Morgan fingerprint density at radius 1 is 1.67 bits per heavy atom. The van der Waals surface area contributed by atoms with Gasteiger partial charge in [-0.05, 0) is 18.8 Å². The van der Waals surface area contributed by atoms with Gasteiger partial charge in [0.05, 0.1) is 6.07 Å². The van der Waals surface area contributed by atoms with Crippen LogP contribution in [0.3, 0.4) is 0 Å². The molecule has 4 heteroatoms. The summed E-state index contributed by atoms with van der Waals surface area (Å²) in [4.78, 5) is 4.39. The van der Waals surface area contributed by atoms with Crippen LogP contribution in [-0.2, 0) is 0 Å². The number of hydrogen-bond acceptors (Lipinski definition) is 4. The van der Waals surface area contributed by atoms with E-state index in [1.807, 2.05) is 6.92 Å². The monoisotopic (exact) mass is 205 g/mol. The molecular weight excluding hydrogens is 190 g/mol. The van der Waals surface area contributed by atoms with Gasteiger partial charge in [-0.2, -0.15) is 10.2 Å². The summed E-state index contributed by atoms with van der Waals surface area (Å²) in [6.07, 6.45) is 2.50. The maximum Gasteiger partial charge on any atom is 0.229 e. The standard InChI is InChI=1S/C11H15N3O/c1-7(4-3-5-12)11-13-10(14-15-11)9-6-8(9)2/h7-9H,3-4,6H2,1-2H3. The lowest BCUT2D eigenvalue weighted by molar-refractivity contribution is 0.350. The third kappa shape index (κ3) is 2.17. The highest BCUT2D eigenvalue weighted by Gasteiger charge is 2.38. The predicted octanol–water partition coefficient (Wildman–Crippen LogP) is 2.60. The van der Waals surface area contributed by atoms with Gasteiger partial charge < -0.3 is 4.52 Å². The van der Waals surface area contributed by atoms with Crippen LogP contribution in [0.15, 0.2) is 4.52 Å². The molecule has 0 amide bonds. The lowest BCUT2D eigenvalue weighted by Gasteiger charge is -2.00. The average molecular weight is 205 g/mol. The topological polar surface area (TPSA) is 62.7 Å². The molecular formula is C11H15N3O. The van der Waals surface area contributed by atoms with Crippen LogP contribution in [-0.4, -0.2) is 10.1 Å². The van der Waals surface area contributed by atoms with E-state index >= 15 is 0 Å². The largest absolute Gasteiger partial charge is 0.339 e. The first-order valence-corrected chi connectivity index (χ1v) is 5.42. The maximum absolute atomic E-state index is 8.48. The van der Waals surface area contributed by atoms with Crippen LogP contribution in [0.2, 0.25) is 0 Å². The lowest BCUT2D eigenvalue weighted by atomic mass is 10.1. The van der Waals surface area contributed by atoms with Gasteiger partial charge in [0.15, 0.2) is 5.82 Å². The fourth-order valence-electron chi connectivity index (χ4n) is 1.68. The summed E-state index contributed by atoms with van der Waals surface area (Å²) in [5.41, 5.74) is 0. The van der Waals surface area contributed by atoms with Crippen LogP contribution < -0.4 is 0 Å². The smallest absolute Gasteiger partial charge is 0.229 e. The zero-order valence-corrected chi connectivity index (χ0v) is 9.10. The molecule has 3 atom stereocenters. The second kappa shape index (κ2) is 4.01. The molecule has 4 nitrogen and oxygen atoms in total. The van der Waals surface area contributed by atoms with Crippen molar-refractivity contribution in [3.8, 4) is 6.07 Å². The first kappa shape index (κ1) is 10.2. The van der Waals surface area contributed by atoms with E-state index in [-0.39, 0.29) is 5.92 Å². The summed E-state index contributed by atoms with van der Waals surface area (Å²) in [6.45, 7) is 4.21. The van der Waals surface area contributed by atoms with E-state index < -0.39 is 0 Å². The van der Waals surface area contributed by atoms with Gasteiger partial charge in [0.2, 0.25) is 5.89 Å². The summed E-state index contributed by atoms with van der Waals surface area (Å²) in [7, 11) is 0. The minimum absolute atomic E-state index is 0.194. The van der Waals surface area contributed by atoms with Gasteiger partial charge in [0.25, 0.3) is 0 Å². The molecule has 1 aromatic heterocycles. The quantitative estimate of drug-likeness (QED) is 0.757. The molecule has 0 spiro atoms. The summed E-state index contributed by atoms with van der Waals surface area (Å²) >= 11 is 0. The summed E-state index contributed by atoms with van der Waals surface area (Å²) < 4.78 is 5.20. The summed E-state index contributed by atoms with van der Waals surface area (Å²) in [5, 5.41) is 12.5. The molecule has 0 aliphatic heterocycles. The Morgan fingerprint density at radius 3 is 3.00 bits per heavy atom. The summed E-state index contributed by atoms with van der Waals surface area (Å²) in [5.74, 6) is 2.93. The van der Waals surface area contributed by atoms with Crippen molar-refractivity contribution < 1.29 is 4.52 Å². The molecule has 1 aliphatic carbocycles. The molecule has 1 saturated carbocycles. The number of aromatic nitrogens is 2. The molecule has 0 saturated heterocycles. The predicted molar refractivity (Wildman–Crippen MR) is 54.1 cm³/mol. The van der Waals surface area contributed by atoms with Gasteiger partial charge in [-0.25, -0.2) is 0 Å². The van der Waals surface area contributed by atoms with Crippen LogP contribution in [0.5, 0.6) is 0 Å². The molecule has 2 rings (SSSR count). The number of nitriles is 1. The van der Waals surface area contributed by atoms with E-state index in [4.69, 9.17) is 9.78 Å². The Bertz CT molecular complexity index is 379. The molecule has 80 valence electrons. The zero-order valence-electron chi connectivity index (χ0n) is 9.10. The Hall–Kier alpha value is -1.37. The number of nitrogens with zero attached hydrogens (tertiary/aromatic N) is 3. The highest BCUT2D eigenvalue weighted by Crippen LogP contribution is 2.45. The molecule has 0 bridgehead atoms. The van der Waals surface area contributed by atoms with Crippen LogP contribution in [0, 0.1) is 17.2 Å². The second-order valence-electron chi connectivity index (χ2n) is 4.41. The van der Waals surface area contributed by atoms with Crippen molar-refractivity contribution in [3.63, 3.8) is 0 Å². The van der Waals surface area contributed by atoms with E-state index in [0.29, 0.717) is 24.1 Å². The van der Waals surface area contributed by atoms with Crippen LogP contribution >= 0.6 is 0 Å². The van der Waals surface area contributed by atoms with Crippen molar-refractivity contribution in [2.45, 2.75) is 44.9 Å². The van der Waals surface area contributed by atoms with Crippen molar-refractivity contribution in [2.24, 2.45) is 5.92 Å². The Kier molecular flexibility index (Phi) is 2.72. The molecule has 0 radical (unpaired) electrons. The van der Waals surface area contributed by atoms with E-state index in [2.05, 4.69) is 23.1 Å². The molecule has 1 aromatic rings. The lowest BCUT2D eigenvalue weighted by Crippen LogP contribution is -1.94. The maximum atomic E-state index is 8.48. The van der Waals surface area contributed by atoms with Gasteiger partial charge in [-0.3, -0.25) is 0 Å². The molecule has 0 N–H and O–H groups in total. The third-order valence-electron chi connectivity index (χ3n) is 3.01.